The van der Waals surface area contributed by atoms with Crippen molar-refractivity contribution in [1.29, 1.82) is 0 Å². The van der Waals surface area contributed by atoms with Gasteiger partial charge in [0.05, 0.1) is 6.10 Å². The van der Waals surface area contributed by atoms with Crippen LogP contribution in [-0.4, -0.2) is 19.0 Å². The molecule has 4 fully saturated rings. The molecule has 4 aliphatic rings. The van der Waals surface area contributed by atoms with Crippen LogP contribution in [0.5, 0.6) is 0 Å². The summed E-state index contributed by atoms with van der Waals surface area (Å²) in [6.07, 6.45) is 7.52. The smallest absolute Gasteiger partial charge is 0.136 e. The Balaban J connectivity index is 1.72. The van der Waals surface area contributed by atoms with Gasteiger partial charge in [0, 0.05) is 19.4 Å². The highest BCUT2D eigenvalue weighted by molar-refractivity contribution is 5.88. The van der Waals surface area contributed by atoms with Crippen LogP contribution in [0.2, 0.25) is 0 Å². The Labute approximate surface area is 122 Å². The first-order chi connectivity index (χ1) is 9.36. The third kappa shape index (κ3) is 1.33. The minimum Gasteiger partial charge on any atom is -0.381 e. The Hall–Kier alpha value is -0.370. The molecule has 0 N–H and O–H groups in total. The van der Waals surface area contributed by atoms with Gasteiger partial charge in [-0.15, -0.1) is 0 Å². The largest absolute Gasteiger partial charge is 0.381 e. The maximum absolute atomic E-state index is 12.3. The second-order valence-corrected chi connectivity index (χ2v) is 8.89. The van der Waals surface area contributed by atoms with E-state index in [1.807, 2.05) is 7.11 Å². The van der Waals surface area contributed by atoms with Gasteiger partial charge in [0.2, 0.25) is 0 Å². The highest BCUT2D eigenvalue weighted by atomic mass is 16.5. The number of Topliss-reactive ketones (excluding diaryl/α,β-unsaturated/α-hetero) is 1. The molecule has 0 heterocycles. The van der Waals surface area contributed by atoms with Gasteiger partial charge in [-0.3, -0.25) is 4.79 Å². The van der Waals surface area contributed by atoms with E-state index >= 15 is 0 Å². The fourth-order valence-corrected chi connectivity index (χ4v) is 7.04. The van der Waals surface area contributed by atoms with Crippen molar-refractivity contribution < 1.29 is 9.53 Å². The molecule has 4 aliphatic carbocycles. The van der Waals surface area contributed by atoms with E-state index in [1.54, 1.807) is 0 Å². The molecule has 0 aromatic carbocycles. The molecule has 0 aromatic heterocycles. The highest BCUT2D eigenvalue weighted by Crippen LogP contribution is 2.77. The lowest BCUT2D eigenvalue weighted by Crippen LogP contribution is -2.56. The van der Waals surface area contributed by atoms with Crippen molar-refractivity contribution in [3.63, 3.8) is 0 Å². The molecular weight excluding hydrogens is 248 g/mol. The van der Waals surface area contributed by atoms with Crippen LogP contribution in [0.25, 0.3) is 0 Å². The fraction of sp³-hybridized carbons (Fsp3) is 0.944. The maximum Gasteiger partial charge on any atom is 0.136 e. The molecule has 0 saturated heterocycles. The number of carbonyl (C=O) groups excluding carboxylic acids is 1. The van der Waals surface area contributed by atoms with Gasteiger partial charge in [0.15, 0.2) is 0 Å². The van der Waals surface area contributed by atoms with Crippen LogP contribution in [0.1, 0.15) is 59.3 Å². The van der Waals surface area contributed by atoms with Crippen molar-refractivity contribution in [2.45, 2.75) is 65.4 Å². The lowest BCUT2D eigenvalue weighted by molar-refractivity contribution is -0.162. The number of hydrogen-bond donors (Lipinski definition) is 0. The Bertz CT molecular complexity index is 468. The Morgan fingerprint density at radius 1 is 1.10 bits per heavy atom. The quantitative estimate of drug-likeness (QED) is 0.727. The van der Waals surface area contributed by atoms with E-state index < -0.39 is 0 Å². The van der Waals surface area contributed by atoms with Crippen LogP contribution in [0, 0.1) is 34.0 Å². The van der Waals surface area contributed by atoms with E-state index in [-0.39, 0.29) is 5.41 Å². The molecule has 20 heavy (non-hydrogen) atoms. The Morgan fingerprint density at radius 2 is 1.85 bits per heavy atom. The summed E-state index contributed by atoms with van der Waals surface area (Å²) in [4.78, 5) is 12.3. The zero-order valence-corrected chi connectivity index (χ0v) is 13.4. The van der Waals surface area contributed by atoms with Crippen LogP contribution < -0.4 is 0 Å². The van der Waals surface area contributed by atoms with Crippen LogP contribution >= 0.6 is 0 Å². The summed E-state index contributed by atoms with van der Waals surface area (Å²) < 4.78 is 5.80. The predicted octanol–water partition coefficient (Wildman–Crippen LogP) is 3.83. The van der Waals surface area contributed by atoms with Gasteiger partial charge >= 0.3 is 0 Å². The molecule has 0 bridgehead atoms. The normalized spacial score (nSPS) is 55.9. The molecule has 4 rings (SSSR count). The summed E-state index contributed by atoms with van der Waals surface area (Å²) in [5.41, 5.74) is 1.06. The second-order valence-electron chi connectivity index (χ2n) is 8.89. The van der Waals surface area contributed by atoms with Gasteiger partial charge in [0.1, 0.15) is 5.78 Å². The van der Waals surface area contributed by atoms with E-state index in [9.17, 15) is 4.79 Å². The van der Waals surface area contributed by atoms with E-state index in [1.165, 1.54) is 32.1 Å². The topological polar surface area (TPSA) is 26.3 Å². The zero-order chi connectivity index (χ0) is 14.3. The summed E-state index contributed by atoms with van der Waals surface area (Å²) in [5.74, 6) is 2.43. The van der Waals surface area contributed by atoms with Crippen LogP contribution in [0.15, 0.2) is 0 Å². The molecule has 6 atom stereocenters. The summed E-state index contributed by atoms with van der Waals surface area (Å²) >= 11 is 0. The number of ketones is 1. The minimum atomic E-state index is 0.249. The van der Waals surface area contributed by atoms with Gasteiger partial charge < -0.3 is 4.74 Å². The van der Waals surface area contributed by atoms with Crippen LogP contribution in [0.4, 0.5) is 0 Å². The lowest BCUT2D eigenvalue weighted by atomic mass is 9.45. The molecule has 0 unspecified atom stereocenters. The lowest BCUT2D eigenvalue weighted by Gasteiger charge is -2.61. The van der Waals surface area contributed by atoms with Gasteiger partial charge in [-0.1, -0.05) is 20.8 Å². The minimum absolute atomic E-state index is 0.249. The van der Waals surface area contributed by atoms with Crippen molar-refractivity contribution in [3.05, 3.63) is 0 Å². The second kappa shape index (κ2) is 3.69. The van der Waals surface area contributed by atoms with Gasteiger partial charge in [0.25, 0.3) is 0 Å². The van der Waals surface area contributed by atoms with Gasteiger partial charge in [-0.05, 0) is 60.2 Å². The third-order valence-corrected chi connectivity index (χ3v) is 8.05. The van der Waals surface area contributed by atoms with E-state index in [0.717, 1.165) is 12.3 Å². The molecule has 0 aromatic rings. The monoisotopic (exact) mass is 276 g/mol. The van der Waals surface area contributed by atoms with Gasteiger partial charge in [-0.2, -0.15) is 0 Å². The summed E-state index contributed by atoms with van der Waals surface area (Å²) in [7, 11) is 1.87. The highest BCUT2D eigenvalue weighted by Gasteiger charge is 2.74. The first-order valence-corrected chi connectivity index (χ1v) is 8.42. The Kier molecular flexibility index (Phi) is 2.45. The zero-order valence-electron chi connectivity index (χ0n) is 13.4. The molecule has 0 aliphatic heterocycles. The number of rotatable bonds is 1. The molecule has 2 nitrogen and oxygen atoms in total. The number of fused-ring (bicyclic) bond motifs is 2. The van der Waals surface area contributed by atoms with Crippen molar-refractivity contribution in [1.82, 2.24) is 0 Å². The number of hydrogen-bond acceptors (Lipinski definition) is 2. The molecule has 0 amide bonds. The van der Waals surface area contributed by atoms with Crippen molar-refractivity contribution >= 4 is 5.78 Å². The predicted molar refractivity (Wildman–Crippen MR) is 78.3 cm³/mol. The molecule has 0 radical (unpaired) electrons. The average Bonchev–Trinajstić information content (AvgIpc) is 3.02. The van der Waals surface area contributed by atoms with Crippen molar-refractivity contribution in [2.75, 3.05) is 7.11 Å². The molecule has 2 heteroatoms. The Morgan fingerprint density at radius 3 is 2.50 bits per heavy atom. The number of methoxy groups -OCH3 is 1. The molecule has 1 spiro atoms. The molecule has 4 saturated carbocycles. The average molecular weight is 276 g/mol. The SMILES string of the molecule is CO[C@H]1CC[C@@]2(C)[C@@H](CC[C@]34C[C@H]3C(=O)C[C@@H]24)C1(C)C. The first-order valence-electron chi connectivity index (χ1n) is 8.42. The molecule has 112 valence electrons. The molecular formula is C18H28O2. The third-order valence-electron chi connectivity index (χ3n) is 8.05. The van der Waals surface area contributed by atoms with Crippen LogP contribution in [0.3, 0.4) is 0 Å². The summed E-state index contributed by atoms with van der Waals surface area (Å²) in [6, 6.07) is 0. The van der Waals surface area contributed by atoms with E-state index in [4.69, 9.17) is 4.74 Å². The maximum atomic E-state index is 12.3. The number of carbonyl (C=O) groups is 1. The van der Waals surface area contributed by atoms with Crippen molar-refractivity contribution in [2.24, 2.45) is 34.0 Å². The van der Waals surface area contributed by atoms with E-state index in [2.05, 4.69) is 20.8 Å². The fourth-order valence-electron chi connectivity index (χ4n) is 7.04. The van der Waals surface area contributed by atoms with Gasteiger partial charge in [-0.25, -0.2) is 0 Å². The summed E-state index contributed by atoms with van der Waals surface area (Å²) in [5, 5.41) is 0. The van der Waals surface area contributed by atoms with E-state index in [0.29, 0.717) is 34.6 Å². The standard InChI is InChI=1S/C18H28O2/c1-16(2)13-5-8-18-10-11(18)12(19)9-14(18)17(13,3)7-6-15(16)20-4/h11,13-15H,5-10H2,1-4H3/t11-,13-,14-,15-,17-,18-/m0/s1. The summed E-state index contributed by atoms with van der Waals surface area (Å²) in [6.45, 7) is 7.32. The van der Waals surface area contributed by atoms with Crippen LogP contribution in [-0.2, 0) is 9.53 Å². The number of ether oxygens (including phenoxy) is 1. The van der Waals surface area contributed by atoms with Crippen molar-refractivity contribution in [3.8, 4) is 0 Å². The first kappa shape index (κ1) is 13.3.